The molecule has 0 saturated carbocycles. The van der Waals surface area contributed by atoms with Gasteiger partial charge in [-0.15, -0.1) is 0 Å². The van der Waals surface area contributed by atoms with E-state index in [0.29, 0.717) is 12.8 Å². The van der Waals surface area contributed by atoms with Crippen LogP contribution in [0.25, 0.3) is 0 Å². The molecule has 0 amide bonds. The third kappa shape index (κ3) is 17.7. The van der Waals surface area contributed by atoms with Crippen LogP contribution in [0.1, 0.15) is 130 Å². The van der Waals surface area contributed by atoms with E-state index in [9.17, 15) is 22.9 Å². The molecular weight excluding hydrogens is 515 g/mol. The van der Waals surface area contributed by atoms with Gasteiger partial charge in [0.2, 0.25) is 0 Å². The highest BCUT2D eigenvalue weighted by Gasteiger charge is 2.36. The van der Waals surface area contributed by atoms with Gasteiger partial charge < -0.3 is 24.3 Å². The molecule has 8 nitrogen and oxygen atoms in total. The molecule has 4 atom stereocenters. The summed E-state index contributed by atoms with van der Waals surface area (Å²) in [6.07, 6.45) is 17.0. The summed E-state index contributed by atoms with van der Waals surface area (Å²) >= 11 is 0. The predicted octanol–water partition coefficient (Wildman–Crippen LogP) is 6.35. The first-order valence-corrected chi connectivity index (χ1v) is 17.3. The van der Waals surface area contributed by atoms with Crippen LogP contribution in [-0.2, 0) is 28.7 Å². The Morgan fingerprint density at radius 1 is 0.811 bits per heavy atom. The number of unbranched alkanes of at least 4 members (excludes halogenated alkanes) is 13. The van der Waals surface area contributed by atoms with E-state index >= 15 is 0 Å². The van der Waals surface area contributed by atoms with Gasteiger partial charge >= 0.3 is 11.5 Å². The Morgan fingerprint density at radius 2 is 1.30 bits per heavy atom. The van der Waals surface area contributed by atoms with Crippen LogP contribution in [0, 0.1) is 0 Å². The van der Waals surface area contributed by atoms with Crippen molar-refractivity contribution < 1.29 is 37.5 Å². The molecule has 10 heteroatoms. The maximum Gasteiger partial charge on any atom is 0.371 e. The Bertz CT molecular complexity index is 688. The number of aliphatic carboxylic acids is 1. The van der Waals surface area contributed by atoms with Gasteiger partial charge in [-0.25, -0.2) is 13.2 Å². The highest BCUT2D eigenvalue weighted by atomic mass is 32.2. The topological polar surface area (TPSA) is 127 Å². The molecule has 0 aromatic rings. The summed E-state index contributed by atoms with van der Waals surface area (Å²) in [7, 11) is -5.38. The van der Waals surface area contributed by atoms with Gasteiger partial charge in [-0.2, -0.15) is 0 Å². The third-order valence-corrected chi connectivity index (χ3v) is 9.95. The number of sulfone groups is 1. The summed E-state index contributed by atoms with van der Waals surface area (Å²) in [5.41, 5.74) is -2.66. The lowest BCUT2D eigenvalue weighted by Gasteiger charge is -2.25. The summed E-state index contributed by atoms with van der Waals surface area (Å²) in [4.78, 5) is 11.0. The third-order valence-electron chi connectivity index (χ3n) is 6.82. The van der Waals surface area contributed by atoms with E-state index in [1.165, 1.54) is 51.4 Å². The minimum absolute atomic E-state index is 0.155. The van der Waals surface area contributed by atoms with Gasteiger partial charge in [0.1, 0.15) is 8.46 Å². The minimum atomic E-state index is -3.32. The molecule has 222 valence electrons. The van der Waals surface area contributed by atoms with Crippen LogP contribution >= 0.6 is 8.46 Å². The smallest absolute Gasteiger partial charge is 0.371 e. The van der Waals surface area contributed by atoms with Gasteiger partial charge in [0.25, 0.3) is 0 Å². The maximum absolute atomic E-state index is 13.2. The van der Waals surface area contributed by atoms with E-state index in [1.807, 2.05) is 0 Å². The summed E-state index contributed by atoms with van der Waals surface area (Å²) in [6.45, 7) is 6.17. The van der Waals surface area contributed by atoms with Crippen molar-refractivity contribution in [2.45, 2.75) is 147 Å². The van der Waals surface area contributed by atoms with Gasteiger partial charge in [0.05, 0.1) is 23.7 Å². The average Bonchev–Trinajstić information content (AvgIpc) is 2.86. The van der Waals surface area contributed by atoms with E-state index in [4.69, 9.17) is 14.6 Å². The molecule has 0 aliphatic rings. The molecule has 0 aliphatic heterocycles. The molecule has 0 heterocycles. The summed E-state index contributed by atoms with van der Waals surface area (Å²) in [6, 6.07) is 0. The first-order valence-electron chi connectivity index (χ1n) is 14.5. The van der Waals surface area contributed by atoms with Crippen LogP contribution in [0.3, 0.4) is 0 Å². The molecular formula is C27H55O8PS. The fourth-order valence-corrected chi connectivity index (χ4v) is 6.79. The van der Waals surface area contributed by atoms with Crippen LogP contribution in [0.15, 0.2) is 0 Å². The molecule has 0 aromatic carbocycles. The summed E-state index contributed by atoms with van der Waals surface area (Å²) < 4.78 is 48.1. The van der Waals surface area contributed by atoms with Gasteiger partial charge in [0, 0.05) is 6.61 Å². The standard InChI is InChI=1S/C27H55O8PS/c1-4-6-8-10-12-13-14-16-18-23-37(32,33)25(20-17-15-11-9-7-5-2)24(3)34-21-19-22-35-27(30,36-31)26(28)29/h24-25,30H,4-23,36H2,1-3H3,(H,28,29). The highest BCUT2D eigenvalue weighted by Crippen LogP contribution is 2.23. The molecule has 0 aliphatic carbocycles. The Kier molecular flexibility index (Phi) is 22.1. The SMILES string of the molecule is CCCCCCCCCCCS(=O)(=O)C(CCCCCCCC)C(C)OCCCOC(O)([PH2]=O)C(=O)O. The number of rotatable bonds is 27. The lowest BCUT2D eigenvalue weighted by atomic mass is 10.1. The molecule has 0 bridgehead atoms. The molecule has 2 N–H and O–H groups in total. The van der Waals surface area contributed by atoms with Crippen LogP contribution in [0.5, 0.6) is 0 Å². The normalized spacial score (nSPS) is 15.7. The van der Waals surface area contributed by atoms with Crippen LogP contribution in [0.2, 0.25) is 0 Å². The van der Waals surface area contributed by atoms with Crippen molar-refractivity contribution >= 4 is 24.3 Å². The summed E-state index contributed by atoms with van der Waals surface area (Å²) in [5, 5.41) is 18.0. The zero-order valence-corrected chi connectivity index (χ0v) is 25.6. The van der Waals surface area contributed by atoms with Crippen LogP contribution in [0.4, 0.5) is 0 Å². The fourth-order valence-electron chi connectivity index (χ4n) is 4.41. The van der Waals surface area contributed by atoms with Crippen molar-refractivity contribution in [3.63, 3.8) is 0 Å². The van der Waals surface area contributed by atoms with Crippen LogP contribution in [-0.4, -0.2) is 60.4 Å². The van der Waals surface area contributed by atoms with Crippen molar-refractivity contribution in [1.29, 1.82) is 0 Å². The number of ether oxygens (including phenoxy) is 2. The zero-order chi connectivity index (χ0) is 28.0. The maximum atomic E-state index is 13.2. The first-order chi connectivity index (χ1) is 17.6. The number of carboxylic acid groups (broad SMARTS) is 1. The second kappa shape index (κ2) is 22.4. The second-order valence-electron chi connectivity index (χ2n) is 10.2. The molecule has 37 heavy (non-hydrogen) atoms. The molecule has 0 rings (SSSR count). The highest BCUT2D eigenvalue weighted by molar-refractivity contribution is 7.92. The quantitative estimate of drug-likeness (QED) is 0.0664. The Hall–Kier alpha value is -0.470. The lowest BCUT2D eigenvalue weighted by Crippen LogP contribution is -2.37. The number of carbonyl (C=O) groups is 1. The average molecular weight is 571 g/mol. The van der Waals surface area contributed by atoms with Crippen molar-refractivity contribution in [2.75, 3.05) is 19.0 Å². The van der Waals surface area contributed by atoms with E-state index in [-0.39, 0.29) is 25.4 Å². The molecule has 0 fully saturated rings. The van der Waals surface area contributed by atoms with Crippen LogP contribution < -0.4 is 0 Å². The van der Waals surface area contributed by atoms with Gasteiger partial charge in [-0.3, -0.25) is 0 Å². The number of aliphatic hydroxyl groups is 1. The number of hydrogen-bond acceptors (Lipinski definition) is 7. The van der Waals surface area contributed by atoms with E-state index < -0.39 is 41.1 Å². The number of carboxylic acids is 1. The molecule has 0 aromatic heterocycles. The predicted molar refractivity (Wildman–Crippen MR) is 152 cm³/mol. The molecule has 0 radical (unpaired) electrons. The largest absolute Gasteiger partial charge is 0.477 e. The minimum Gasteiger partial charge on any atom is -0.477 e. The monoisotopic (exact) mass is 570 g/mol. The van der Waals surface area contributed by atoms with Crippen molar-refractivity contribution in [2.24, 2.45) is 0 Å². The fraction of sp³-hybridized carbons (Fsp3) is 0.963. The zero-order valence-electron chi connectivity index (χ0n) is 23.6. The molecule has 4 unspecified atom stereocenters. The van der Waals surface area contributed by atoms with Crippen molar-refractivity contribution in [1.82, 2.24) is 0 Å². The van der Waals surface area contributed by atoms with Gasteiger partial charge in [-0.05, 0) is 26.2 Å². The Labute approximate surface area is 227 Å². The summed E-state index contributed by atoms with van der Waals surface area (Å²) in [5.74, 6) is -1.51. The van der Waals surface area contributed by atoms with E-state index in [2.05, 4.69) is 13.8 Å². The van der Waals surface area contributed by atoms with Crippen molar-refractivity contribution in [3.05, 3.63) is 0 Å². The lowest BCUT2D eigenvalue weighted by molar-refractivity contribution is -0.190. The molecule has 0 spiro atoms. The second-order valence-corrected chi connectivity index (χ2v) is 13.5. The van der Waals surface area contributed by atoms with Gasteiger partial charge in [0.15, 0.2) is 9.84 Å². The van der Waals surface area contributed by atoms with E-state index in [0.717, 1.165) is 38.5 Å². The van der Waals surface area contributed by atoms with Crippen molar-refractivity contribution in [3.8, 4) is 0 Å². The number of hydrogen-bond donors (Lipinski definition) is 2. The Balaban J connectivity index is 4.66. The molecule has 0 saturated heterocycles. The first kappa shape index (κ1) is 36.5. The van der Waals surface area contributed by atoms with Gasteiger partial charge in [-0.1, -0.05) is 104 Å². The van der Waals surface area contributed by atoms with E-state index in [1.54, 1.807) is 6.92 Å². The Morgan fingerprint density at radius 3 is 1.78 bits per heavy atom.